The maximum Gasteiger partial charge on any atom is 0.315 e. The zero-order valence-corrected chi connectivity index (χ0v) is 18.2. The molecule has 0 radical (unpaired) electrons. The van der Waals surface area contributed by atoms with E-state index in [0.29, 0.717) is 16.6 Å². The molecular weight excluding hydrogens is 395 g/mol. The number of piperazine rings is 1. The van der Waals surface area contributed by atoms with Gasteiger partial charge in [-0.25, -0.2) is 4.79 Å². The molecular formula is C21H30Cl2N4O. The average molecular weight is 425 g/mol. The summed E-state index contributed by atoms with van der Waals surface area (Å²) < 4.78 is 0. The summed E-state index contributed by atoms with van der Waals surface area (Å²) >= 11 is 13.1. The third-order valence-electron chi connectivity index (χ3n) is 5.93. The van der Waals surface area contributed by atoms with Gasteiger partial charge in [-0.15, -0.1) is 0 Å². The molecule has 1 aromatic rings. The van der Waals surface area contributed by atoms with Gasteiger partial charge in [-0.05, 0) is 50.3 Å². The van der Waals surface area contributed by atoms with Crippen LogP contribution in [0, 0.1) is 0 Å². The molecule has 0 spiro atoms. The molecule has 2 amide bonds. The molecule has 1 fully saturated rings. The first-order valence-corrected chi connectivity index (χ1v) is 10.9. The molecule has 28 heavy (non-hydrogen) atoms. The first-order valence-electron chi connectivity index (χ1n) is 10.1. The highest BCUT2D eigenvalue weighted by Crippen LogP contribution is 2.44. The van der Waals surface area contributed by atoms with Crippen molar-refractivity contribution in [3.05, 3.63) is 45.5 Å². The molecule has 3 N–H and O–H groups in total. The lowest BCUT2D eigenvalue weighted by Gasteiger charge is -2.47. The Bertz CT molecular complexity index is 733. The lowest BCUT2D eigenvalue weighted by Crippen LogP contribution is -2.54. The second kappa shape index (κ2) is 9.49. The Balaban J connectivity index is 1.89. The molecule has 0 bridgehead atoms. The van der Waals surface area contributed by atoms with Crippen LogP contribution < -0.4 is 16.0 Å². The highest BCUT2D eigenvalue weighted by Gasteiger charge is 2.40. The van der Waals surface area contributed by atoms with Crippen molar-refractivity contribution in [2.24, 2.45) is 0 Å². The summed E-state index contributed by atoms with van der Waals surface area (Å²) in [4.78, 5) is 14.4. The SMILES string of the molecule is CCNC(=O)NC1CC=C(C(C)(c2cccc(Cl)c2Cl)N2CCNCC2)CC1. The lowest BCUT2D eigenvalue weighted by atomic mass is 9.76. The molecule has 1 heterocycles. The Morgan fingerprint density at radius 3 is 2.71 bits per heavy atom. The summed E-state index contributed by atoms with van der Waals surface area (Å²) in [5.41, 5.74) is 2.11. The second-order valence-corrected chi connectivity index (χ2v) is 8.40. The molecule has 7 heteroatoms. The van der Waals surface area contributed by atoms with Crippen LogP contribution in [0.25, 0.3) is 0 Å². The molecule has 0 saturated carbocycles. The van der Waals surface area contributed by atoms with E-state index in [9.17, 15) is 4.79 Å². The molecule has 1 saturated heterocycles. The van der Waals surface area contributed by atoms with Crippen LogP contribution in [-0.2, 0) is 5.54 Å². The van der Waals surface area contributed by atoms with E-state index in [1.165, 1.54) is 5.57 Å². The normalized spacial score (nSPS) is 22.9. The molecule has 0 aromatic heterocycles. The zero-order valence-electron chi connectivity index (χ0n) is 16.7. The second-order valence-electron chi connectivity index (χ2n) is 7.62. The fourth-order valence-electron chi connectivity index (χ4n) is 4.34. The van der Waals surface area contributed by atoms with Crippen molar-refractivity contribution >= 4 is 29.2 Å². The maximum absolute atomic E-state index is 11.9. The fourth-order valence-corrected chi connectivity index (χ4v) is 4.83. The number of hydrogen-bond donors (Lipinski definition) is 3. The first-order chi connectivity index (χ1) is 13.5. The van der Waals surface area contributed by atoms with E-state index in [0.717, 1.165) is 51.0 Å². The number of hydrogen-bond acceptors (Lipinski definition) is 3. The minimum absolute atomic E-state index is 0.0906. The van der Waals surface area contributed by atoms with Gasteiger partial charge in [0.05, 0.1) is 15.6 Å². The fraction of sp³-hybridized carbons (Fsp3) is 0.571. The number of carbonyl (C=O) groups is 1. The quantitative estimate of drug-likeness (QED) is 0.627. The van der Waals surface area contributed by atoms with Gasteiger partial charge < -0.3 is 16.0 Å². The van der Waals surface area contributed by atoms with E-state index < -0.39 is 0 Å². The number of rotatable bonds is 5. The monoisotopic (exact) mass is 424 g/mol. The van der Waals surface area contributed by atoms with Gasteiger partial charge in [0, 0.05) is 38.8 Å². The van der Waals surface area contributed by atoms with Crippen LogP contribution in [-0.4, -0.2) is 49.7 Å². The van der Waals surface area contributed by atoms with E-state index in [2.05, 4.69) is 39.9 Å². The van der Waals surface area contributed by atoms with E-state index in [4.69, 9.17) is 23.2 Å². The topological polar surface area (TPSA) is 56.4 Å². The summed E-state index contributed by atoms with van der Waals surface area (Å²) in [5.74, 6) is 0. The Kier molecular flexibility index (Phi) is 7.26. The summed E-state index contributed by atoms with van der Waals surface area (Å²) in [5, 5.41) is 10.5. The van der Waals surface area contributed by atoms with Crippen molar-refractivity contribution in [3.63, 3.8) is 0 Å². The number of halogens is 2. The van der Waals surface area contributed by atoms with Crippen LogP contribution in [0.3, 0.4) is 0 Å². The van der Waals surface area contributed by atoms with Crippen molar-refractivity contribution in [2.75, 3.05) is 32.7 Å². The lowest BCUT2D eigenvalue weighted by molar-refractivity contribution is 0.111. The van der Waals surface area contributed by atoms with Gasteiger partial charge in [0.25, 0.3) is 0 Å². The van der Waals surface area contributed by atoms with Crippen molar-refractivity contribution in [1.82, 2.24) is 20.9 Å². The van der Waals surface area contributed by atoms with Crippen LogP contribution in [0.1, 0.15) is 38.7 Å². The van der Waals surface area contributed by atoms with Gasteiger partial charge in [-0.1, -0.05) is 41.4 Å². The van der Waals surface area contributed by atoms with Crippen LogP contribution in [0.2, 0.25) is 10.0 Å². The standard InChI is InChI=1S/C21H30Cl2N4O/c1-3-25-20(28)26-16-9-7-15(8-10-16)21(2,27-13-11-24-12-14-27)17-5-4-6-18(22)19(17)23/h4-7,16,24H,3,8-14H2,1-2H3,(H2,25,26,28). The van der Waals surface area contributed by atoms with Crippen molar-refractivity contribution < 1.29 is 4.79 Å². The molecule has 3 rings (SSSR count). The Morgan fingerprint density at radius 2 is 2.07 bits per heavy atom. The number of nitrogens with one attached hydrogen (secondary N) is 3. The number of amides is 2. The molecule has 2 aliphatic rings. The third kappa shape index (κ3) is 4.48. The van der Waals surface area contributed by atoms with Crippen molar-refractivity contribution in [1.29, 1.82) is 0 Å². The average Bonchev–Trinajstić information content (AvgIpc) is 2.71. The highest BCUT2D eigenvalue weighted by molar-refractivity contribution is 6.42. The van der Waals surface area contributed by atoms with Crippen molar-refractivity contribution in [2.45, 2.75) is 44.7 Å². The van der Waals surface area contributed by atoms with Gasteiger partial charge in [0.2, 0.25) is 0 Å². The summed E-state index contributed by atoms with van der Waals surface area (Å²) in [6, 6.07) is 5.99. The molecule has 5 nitrogen and oxygen atoms in total. The van der Waals surface area contributed by atoms with Crippen LogP contribution in [0.15, 0.2) is 29.8 Å². The minimum Gasteiger partial charge on any atom is -0.338 e. The Labute approximate surface area is 177 Å². The minimum atomic E-state index is -0.305. The number of carbonyl (C=O) groups excluding carboxylic acids is 1. The number of benzene rings is 1. The van der Waals surface area contributed by atoms with Crippen LogP contribution in [0.5, 0.6) is 0 Å². The summed E-state index contributed by atoms with van der Waals surface area (Å²) in [6.07, 6.45) is 4.95. The van der Waals surface area contributed by atoms with Gasteiger partial charge in [0.15, 0.2) is 0 Å². The molecule has 1 aromatic carbocycles. The zero-order chi connectivity index (χ0) is 20.1. The molecule has 1 aliphatic carbocycles. The first kappa shape index (κ1) is 21.4. The van der Waals surface area contributed by atoms with E-state index in [1.807, 2.05) is 19.1 Å². The molecule has 2 unspecified atom stereocenters. The Morgan fingerprint density at radius 1 is 1.32 bits per heavy atom. The largest absolute Gasteiger partial charge is 0.338 e. The summed E-state index contributed by atoms with van der Waals surface area (Å²) in [7, 11) is 0. The maximum atomic E-state index is 11.9. The third-order valence-corrected chi connectivity index (χ3v) is 6.75. The highest BCUT2D eigenvalue weighted by atomic mass is 35.5. The smallest absolute Gasteiger partial charge is 0.315 e. The van der Waals surface area contributed by atoms with Gasteiger partial charge in [-0.2, -0.15) is 0 Å². The van der Waals surface area contributed by atoms with Crippen molar-refractivity contribution in [3.8, 4) is 0 Å². The predicted molar refractivity (Wildman–Crippen MR) is 116 cm³/mol. The van der Waals surface area contributed by atoms with Crippen LogP contribution >= 0.6 is 23.2 Å². The summed E-state index contributed by atoms with van der Waals surface area (Å²) in [6.45, 7) is 8.65. The number of nitrogens with zero attached hydrogens (tertiary/aromatic N) is 1. The van der Waals surface area contributed by atoms with Crippen LogP contribution in [0.4, 0.5) is 4.79 Å². The molecule has 154 valence electrons. The van der Waals surface area contributed by atoms with E-state index in [1.54, 1.807) is 0 Å². The van der Waals surface area contributed by atoms with Gasteiger partial charge >= 0.3 is 6.03 Å². The van der Waals surface area contributed by atoms with Gasteiger partial charge in [0.1, 0.15) is 0 Å². The predicted octanol–water partition coefficient (Wildman–Crippen LogP) is 3.91. The van der Waals surface area contributed by atoms with E-state index >= 15 is 0 Å². The molecule has 2 atom stereocenters. The van der Waals surface area contributed by atoms with Gasteiger partial charge in [-0.3, -0.25) is 4.90 Å². The number of urea groups is 1. The Hall–Kier alpha value is -1.27. The molecule has 1 aliphatic heterocycles. The van der Waals surface area contributed by atoms with E-state index in [-0.39, 0.29) is 17.6 Å².